The smallest absolute Gasteiger partial charge is 0.134 e. The summed E-state index contributed by atoms with van der Waals surface area (Å²) in [6, 6.07) is 12.3. The molecule has 3 nitrogen and oxygen atoms in total. The Morgan fingerprint density at radius 3 is 3.00 bits per heavy atom. The van der Waals surface area contributed by atoms with Gasteiger partial charge in [-0.15, -0.1) is 11.3 Å². The SMILES string of the molecule is CNCCC(Oc1cccc2cnccc12)c1cccs1. The van der Waals surface area contributed by atoms with E-state index in [1.165, 1.54) is 4.88 Å². The zero-order chi connectivity index (χ0) is 14.5. The second kappa shape index (κ2) is 6.70. The second-order valence-electron chi connectivity index (χ2n) is 4.87. The molecule has 0 bridgehead atoms. The summed E-state index contributed by atoms with van der Waals surface area (Å²) in [7, 11) is 1.97. The van der Waals surface area contributed by atoms with Crippen molar-refractivity contribution >= 4 is 22.1 Å². The van der Waals surface area contributed by atoms with Gasteiger partial charge in [0.25, 0.3) is 0 Å². The minimum absolute atomic E-state index is 0.0798. The minimum Gasteiger partial charge on any atom is -0.484 e. The van der Waals surface area contributed by atoms with Gasteiger partial charge < -0.3 is 10.1 Å². The van der Waals surface area contributed by atoms with Crippen LogP contribution in [0.15, 0.2) is 54.2 Å². The van der Waals surface area contributed by atoms with E-state index in [9.17, 15) is 0 Å². The third-order valence-electron chi connectivity index (χ3n) is 3.43. The third-order valence-corrected chi connectivity index (χ3v) is 4.39. The Balaban J connectivity index is 1.90. The molecule has 0 radical (unpaired) electrons. The molecule has 0 aliphatic rings. The van der Waals surface area contributed by atoms with Gasteiger partial charge in [-0.2, -0.15) is 0 Å². The van der Waals surface area contributed by atoms with Crippen LogP contribution in [0.4, 0.5) is 0 Å². The van der Waals surface area contributed by atoms with Crippen LogP contribution in [0.3, 0.4) is 0 Å². The molecule has 2 aromatic heterocycles. The van der Waals surface area contributed by atoms with Crippen molar-refractivity contribution in [2.75, 3.05) is 13.6 Å². The van der Waals surface area contributed by atoms with Crippen molar-refractivity contribution < 1.29 is 4.74 Å². The van der Waals surface area contributed by atoms with Crippen molar-refractivity contribution in [2.24, 2.45) is 0 Å². The van der Waals surface area contributed by atoms with Crippen LogP contribution < -0.4 is 10.1 Å². The second-order valence-corrected chi connectivity index (χ2v) is 5.85. The molecule has 3 aromatic rings. The number of fused-ring (bicyclic) bond motifs is 1. The summed E-state index contributed by atoms with van der Waals surface area (Å²) in [4.78, 5) is 5.43. The maximum atomic E-state index is 6.32. The Morgan fingerprint density at radius 2 is 2.19 bits per heavy atom. The summed E-state index contributed by atoms with van der Waals surface area (Å²) in [6.45, 7) is 0.925. The first kappa shape index (κ1) is 14.0. The van der Waals surface area contributed by atoms with E-state index >= 15 is 0 Å². The molecule has 2 heterocycles. The minimum atomic E-state index is 0.0798. The van der Waals surface area contributed by atoms with Crippen molar-refractivity contribution in [3.8, 4) is 5.75 Å². The van der Waals surface area contributed by atoms with Crippen molar-refractivity contribution in [1.82, 2.24) is 10.3 Å². The van der Waals surface area contributed by atoms with E-state index < -0.39 is 0 Å². The van der Waals surface area contributed by atoms with Crippen LogP contribution in [-0.2, 0) is 0 Å². The van der Waals surface area contributed by atoms with Gasteiger partial charge in [-0.1, -0.05) is 18.2 Å². The number of benzene rings is 1. The number of ether oxygens (including phenoxy) is 1. The Hall–Kier alpha value is -1.91. The van der Waals surface area contributed by atoms with E-state index in [-0.39, 0.29) is 6.10 Å². The van der Waals surface area contributed by atoms with Gasteiger partial charge in [0.2, 0.25) is 0 Å². The van der Waals surface area contributed by atoms with Crippen LogP contribution in [0.2, 0.25) is 0 Å². The highest BCUT2D eigenvalue weighted by molar-refractivity contribution is 7.10. The fourth-order valence-electron chi connectivity index (χ4n) is 2.36. The Bertz CT molecular complexity index is 692. The molecule has 108 valence electrons. The quantitative estimate of drug-likeness (QED) is 0.746. The van der Waals surface area contributed by atoms with Crippen LogP contribution in [0.1, 0.15) is 17.4 Å². The maximum Gasteiger partial charge on any atom is 0.134 e. The zero-order valence-corrected chi connectivity index (χ0v) is 12.8. The van der Waals surface area contributed by atoms with E-state index in [0.29, 0.717) is 0 Å². The largest absolute Gasteiger partial charge is 0.484 e. The lowest BCUT2D eigenvalue weighted by Crippen LogP contribution is -2.15. The van der Waals surface area contributed by atoms with Crippen LogP contribution in [-0.4, -0.2) is 18.6 Å². The first-order chi connectivity index (χ1) is 10.4. The normalized spacial score (nSPS) is 12.4. The summed E-state index contributed by atoms with van der Waals surface area (Å²) >= 11 is 1.74. The average Bonchev–Trinajstić information content (AvgIpc) is 3.06. The summed E-state index contributed by atoms with van der Waals surface area (Å²) in [5, 5.41) is 7.51. The van der Waals surface area contributed by atoms with Gasteiger partial charge in [0.1, 0.15) is 11.9 Å². The molecule has 0 spiro atoms. The van der Waals surface area contributed by atoms with Crippen LogP contribution in [0.25, 0.3) is 10.8 Å². The first-order valence-corrected chi connectivity index (χ1v) is 7.94. The number of aromatic nitrogens is 1. The van der Waals surface area contributed by atoms with Gasteiger partial charge in [-0.3, -0.25) is 4.98 Å². The van der Waals surface area contributed by atoms with Gasteiger partial charge in [-0.25, -0.2) is 0 Å². The highest BCUT2D eigenvalue weighted by atomic mass is 32.1. The molecular weight excluding hydrogens is 280 g/mol. The van der Waals surface area contributed by atoms with E-state index in [2.05, 4.69) is 33.9 Å². The molecule has 0 saturated heterocycles. The molecule has 1 aromatic carbocycles. The molecule has 1 unspecified atom stereocenters. The Morgan fingerprint density at radius 1 is 1.24 bits per heavy atom. The first-order valence-electron chi connectivity index (χ1n) is 7.06. The molecule has 0 aliphatic carbocycles. The standard InChI is InChI=1S/C17H18N2OS/c1-18-9-8-16(17-6-3-11-21-17)20-15-5-2-4-13-12-19-10-7-14(13)15/h2-7,10-12,16,18H,8-9H2,1H3. The maximum absolute atomic E-state index is 6.32. The van der Waals surface area contributed by atoms with E-state index in [1.807, 2.05) is 37.6 Å². The predicted octanol–water partition coefficient (Wildman–Crippen LogP) is 4.03. The number of nitrogens with zero attached hydrogens (tertiary/aromatic N) is 1. The molecule has 0 aliphatic heterocycles. The lowest BCUT2D eigenvalue weighted by atomic mass is 10.1. The van der Waals surface area contributed by atoms with Crippen LogP contribution >= 0.6 is 11.3 Å². The molecule has 1 atom stereocenters. The molecule has 21 heavy (non-hydrogen) atoms. The topological polar surface area (TPSA) is 34.1 Å². The van der Waals surface area contributed by atoms with Crippen molar-refractivity contribution in [2.45, 2.75) is 12.5 Å². The van der Waals surface area contributed by atoms with Gasteiger partial charge >= 0.3 is 0 Å². The summed E-state index contributed by atoms with van der Waals surface area (Å²) in [5.74, 6) is 0.921. The molecule has 0 saturated carbocycles. The number of hydrogen-bond acceptors (Lipinski definition) is 4. The molecule has 4 heteroatoms. The summed E-state index contributed by atoms with van der Waals surface area (Å²) < 4.78 is 6.32. The van der Waals surface area contributed by atoms with Crippen molar-refractivity contribution in [1.29, 1.82) is 0 Å². The average molecular weight is 298 g/mol. The lowest BCUT2D eigenvalue weighted by molar-refractivity contribution is 0.201. The highest BCUT2D eigenvalue weighted by Gasteiger charge is 2.15. The fourth-order valence-corrected chi connectivity index (χ4v) is 3.15. The number of nitrogens with one attached hydrogen (secondary N) is 1. The monoisotopic (exact) mass is 298 g/mol. The van der Waals surface area contributed by atoms with Gasteiger partial charge in [0, 0.05) is 34.5 Å². The predicted molar refractivity (Wildman–Crippen MR) is 88.0 cm³/mol. The molecule has 3 rings (SSSR count). The fraction of sp³-hybridized carbons (Fsp3) is 0.235. The molecule has 0 fully saturated rings. The van der Waals surface area contributed by atoms with E-state index in [1.54, 1.807) is 11.3 Å². The summed E-state index contributed by atoms with van der Waals surface area (Å²) in [6.07, 6.45) is 4.70. The Labute approximate surface area is 128 Å². The zero-order valence-electron chi connectivity index (χ0n) is 12.0. The van der Waals surface area contributed by atoms with Crippen LogP contribution in [0.5, 0.6) is 5.75 Å². The van der Waals surface area contributed by atoms with E-state index in [0.717, 1.165) is 29.5 Å². The van der Waals surface area contributed by atoms with Crippen molar-refractivity contribution in [3.05, 3.63) is 59.0 Å². The highest BCUT2D eigenvalue weighted by Crippen LogP contribution is 2.32. The molecule has 1 N–H and O–H groups in total. The number of rotatable bonds is 6. The van der Waals surface area contributed by atoms with Crippen molar-refractivity contribution in [3.63, 3.8) is 0 Å². The molecule has 0 amide bonds. The number of thiophene rings is 1. The van der Waals surface area contributed by atoms with Crippen LogP contribution in [0, 0.1) is 0 Å². The lowest BCUT2D eigenvalue weighted by Gasteiger charge is -2.19. The van der Waals surface area contributed by atoms with Gasteiger partial charge in [0.05, 0.1) is 0 Å². The number of pyridine rings is 1. The molecular formula is C17H18N2OS. The summed E-state index contributed by atoms with van der Waals surface area (Å²) in [5.41, 5.74) is 0. The van der Waals surface area contributed by atoms with E-state index in [4.69, 9.17) is 4.74 Å². The van der Waals surface area contributed by atoms with Gasteiger partial charge in [0.15, 0.2) is 0 Å². The third kappa shape index (κ3) is 3.23. The Kier molecular flexibility index (Phi) is 4.48. The number of hydrogen-bond donors (Lipinski definition) is 1. The van der Waals surface area contributed by atoms with Gasteiger partial charge in [-0.05, 0) is 37.2 Å².